The predicted molar refractivity (Wildman–Crippen MR) is 126 cm³/mol. The van der Waals surface area contributed by atoms with Crippen LogP contribution in [-0.4, -0.2) is 57.5 Å². The third-order valence-corrected chi connectivity index (χ3v) is 6.63. The summed E-state index contributed by atoms with van der Waals surface area (Å²) in [5, 5.41) is 10.3. The molecule has 0 bridgehead atoms. The first-order chi connectivity index (χ1) is 15.1. The minimum Gasteiger partial charge on any atom is -0.368 e. The van der Waals surface area contributed by atoms with Gasteiger partial charge in [-0.1, -0.05) is 59.8 Å². The molecule has 3 aromatic rings. The highest BCUT2D eigenvalue weighted by molar-refractivity contribution is 7.99. The van der Waals surface area contributed by atoms with Gasteiger partial charge in [-0.15, -0.1) is 10.2 Å². The Bertz CT molecular complexity index is 1020. The Morgan fingerprint density at radius 1 is 1.03 bits per heavy atom. The highest BCUT2D eigenvalue weighted by atomic mass is 35.5. The monoisotopic (exact) mass is 455 g/mol. The summed E-state index contributed by atoms with van der Waals surface area (Å²) >= 11 is 7.58. The average Bonchev–Trinajstić information content (AvgIpc) is 3.19. The van der Waals surface area contributed by atoms with Crippen LogP contribution in [0, 0.1) is 0 Å². The molecular weight excluding hydrogens is 430 g/mol. The van der Waals surface area contributed by atoms with Crippen LogP contribution in [-0.2, 0) is 17.8 Å². The van der Waals surface area contributed by atoms with Crippen LogP contribution in [0.1, 0.15) is 18.3 Å². The second kappa shape index (κ2) is 10.2. The number of amides is 1. The molecule has 6 nitrogen and oxygen atoms in total. The largest absolute Gasteiger partial charge is 0.368 e. The lowest BCUT2D eigenvalue weighted by Crippen LogP contribution is -2.49. The number of carbonyl (C=O) groups excluding carboxylic acids is 1. The maximum Gasteiger partial charge on any atom is 0.233 e. The molecule has 31 heavy (non-hydrogen) atoms. The van der Waals surface area contributed by atoms with E-state index >= 15 is 0 Å². The maximum absolute atomic E-state index is 12.8. The van der Waals surface area contributed by atoms with E-state index in [1.165, 1.54) is 17.3 Å². The minimum absolute atomic E-state index is 0.144. The summed E-state index contributed by atoms with van der Waals surface area (Å²) in [5.41, 5.74) is 2.31. The predicted octanol–water partition coefficient (Wildman–Crippen LogP) is 3.98. The standard InChI is InChI=1S/C23H26ClN5OS/c1-2-29-21(15-18-7-4-3-5-8-18)25-26-23(29)31-17-22(30)28-13-11-27(12-14-28)20-10-6-9-19(24)16-20/h3-10,16H,2,11-15,17H2,1H3. The Labute approximate surface area is 192 Å². The normalized spacial score (nSPS) is 14.1. The van der Waals surface area contributed by atoms with Gasteiger partial charge in [0.05, 0.1) is 5.75 Å². The molecule has 0 aliphatic carbocycles. The molecule has 0 spiro atoms. The third kappa shape index (κ3) is 5.40. The topological polar surface area (TPSA) is 54.3 Å². The molecule has 0 N–H and O–H groups in total. The zero-order valence-corrected chi connectivity index (χ0v) is 19.1. The summed E-state index contributed by atoms with van der Waals surface area (Å²) in [7, 11) is 0. The molecule has 8 heteroatoms. The summed E-state index contributed by atoms with van der Waals surface area (Å²) in [6.07, 6.45) is 0.738. The molecule has 1 aliphatic rings. The van der Waals surface area contributed by atoms with Crippen molar-refractivity contribution in [2.75, 3.05) is 36.8 Å². The van der Waals surface area contributed by atoms with E-state index in [4.69, 9.17) is 11.6 Å². The summed E-state index contributed by atoms with van der Waals surface area (Å²) in [6, 6.07) is 18.1. The Kier molecular flexibility index (Phi) is 7.14. The van der Waals surface area contributed by atoms with Gasteiger partial charge in [0, 0.05) is 49.9 Å². The van der Waals surface area contributed by atoms with Gasteiger partial charge < -0.3 is 14.4 Å². The van der Waals surface area contributed by atoms with Crippen LogP contribution in [0.2, 0.25) is 5.02 Å². The fraction of sp³-hybridized carbons (Fsp3) is 0.348. The van der Waals surface area contributed by atoms with Gasteiger partial charge in [-0.3, -0.25) is 4.79 Å². The van der Waals surface area contributed by atoms with Crippen LogP contribution in [0.5, 0.6) is 0 Å². The number of aromatic nitrogens is 3. The highest BCUT2D eigenvalue weighted by Gasteiger charge is 2.22. The summed E-state index contributed by atoms with van der Waals surface area (Å²) < 4.78 is 2.10. The van der Waals surface area contributed by atoms with E-state index in [0.717, 1.165) is 47.7 Å². The molecule has 0 saturated carbocycles. The molecule has 1 fully saturated rings. The van der Waals surface area contributed by atoms with Crippen LogP contribution < -0.4 is 4.90 Å². The second-order valence-electron chi connectivity index (χ2n) is 7.44. The molecule has 0 unspecified atom stereocenters. The third-order valence-electron chi connectivity index (χ3n) is 5.45. The van der Waals surface area contributed by atoms with E-state index in [-0.39, 0.29) is 5.91 Å². The number of rotatable bonds is 7. The van der Waals surface area contributed by atoms with Gasteiger partial charge in [0.25, 0.3) is 0 Å². The zero-order valence-electron chi connectivity index (χ0n) is 17.6. The summed E-state index contributed by atoms with van der Waals surface area (Å²) in [4.78, 5) is 17.0. The summed E-state index contributed by atoms with van der Waals surface area (Å²) in [6.45, 7) is 5.91. The lowest BCUT2D eigenvalue weighted by Gasteiger charge is -2.36. The van der Waals surface area contributed by atoms with Crippen LogP contribution in [0.25, 0.3) is 0 Å². The fourth-order valence-corrected chi connectivity index (χ4v) is 4.87. The molecule has 162 valence electrons. The molecule has 1 aliphatic heterocycles. The van der Waals surface area contributed by atoms with Gasteiger partial charge in [0.15, 0.2) is 5.16 Å². The van der Waals surface area contributed by atoms with Crippen molar-refractivity contribution in [3.05, 3.63) is 71.0 Å². The van der Waals surface area contributed by atoms with Crippen molar-refractivity contribution in [1.82, 2.24) is 19.7 Å². The van der Waals surface area contributed by atoms with Crippen molar-refractivity contribution >= 4 is 35.0 Å². The number of thioether (sulfide) groups is 1. The van der Waals surface area contributed by atoms with Crippen molar-refractivity contribution in [1.29, 1.82) is 0 Å². The number of halogens is 1. The van der Waals surface area contributed by atoms with Gasteiger partial charge in [0.2, 0.25) is 5.91 Å². The number of carbonyl (C=O) groups is 1. The van der Waals surface area contributed by atoms with Gasteiger partial charge in [-0.05, 0) is 30.7 Å². The lowest BCUT2D eigenvalue weighted by molar-refractivity contribution is -0.128. The van der Waals surface area contributed by atoms with Gasteiger partial charge in [-0.2, -0.15) is 0 Å². The van der Waals surface area contributed by atoms with Crippen molar-refractivity contribution in [3.8, 4) is 0 Å². The molecule has 1 amide bonds. The zero-order chi connectivity index (χ0) is 21.6. The van der Waals surface area contributed by atoms with Crippen molar-refractivity contribution in [3.63, 3.8) is 0 Å². The minimum atomic E-state index is 0.144. The second-order valence-corrected chi connectivity index (χ2v) is 8.82. The smallest absolute Gasteiger partial charge is 0.233 e. The van der Waals surface area contributed by atoms with Crippen LogP contribution in [0.15, 0.2) is 59.8 Å². The van der Waals surface area contributed by atoms with Crippen molar-refractivity contribution < 1.29 is 4.79 Å². The molecule has 2 heterocycles. The SMILES string of the molecule is CCn1c(Cc2ccccc2)nnc1SCC(=O)N1CCN(c2cccc(Cl)c2)CC1. The van der Waals surface area contributed by atoms with E-state index in [2.05, 4.69) is 44.8 Å². The van der Waals surface area contributed by atoms with Gasteiger partial charge in [0.1, 0.15) is 5.82 Å². The highest BCUT2D eigenvalue weighted by Crippen LogP contribution is 2.22. The fourth-order valence-electron chi connectivity index (χ4n) is 3.76. The van der Waals surface area contributed by atoms with Crippen LogP contribution in [0.4, 0.5) is 5.69 Å². The number of piperazine rings is 1. The molecule has 1 aromatic heterocycles. The van der Waals surface area contributed by atoms with Crippen molar-refractivity contribution in [2.45, 2.75) is 25.0 Å². The van der Waals surface area contributed by atoms with E-state index in [1.807, 2.05) is 41.3 Å². The first kappa shape index (κ1) is 21.7. The number of benzene rings is 2. The Balaban J connectivity index is 1.31. The lowest BCUT2D eigenvalue weighted by atomic mass is 10.1. The number of nitrogens with zero attached hydrogens (tertiary/aromatic N) is 5. The molecule has 1 saturated heterocycles. The van der Waals surface area contributed by atoms with Crippen molar-refractivity contribution in [2.24, 2.45) is 0 Å². The Morgan fingerprint density at radius 3 is 2.52 bits per heavy atom. The van der Waals surface area contributed by atoms with E-state index in [0.29, 0.717) is 18.8 Å². The van der Waals surface area contributed by atoms with Gasteiger partial charge >= 0.3 is 0 Å². The first-order valence-electron chi connectivity index (χ1n) is 10.5. The number of hydrogen-bond acceptors (Lipinski definition) is 5. The Morgan fingerprint density at radius 2 is 1.81 bits per heavy atom. The maximum atomic E-state index is 12.8. The quantitative estimate of drug-likeness (QED) is 0.504. The Hall–Kier alpha value is -2.51. The molecule has 4 rings (SSSR count). The van der Waals surface area contributed by atoms with Gasteiger partial charge in [-0.25, -0.2) is 0 Å². The molecule has 0 atom stereocenters. The number of anilines is 1. The molecular formula is C23H26ClN5OS. The van der Waals surface area contributed by atoms with E-state index < -0.39 is 0 Å². The van der Waals surface area contributed by atoms with E-state index in [1.54, 1.807) is 0 Å². The number of hydrogen-bond donors (Lipinski definition) is 0. The molecule has 2 aromatic carbocycles. The van der Waals surface area contributed by atoms with Crippen LogP contribution in [0.3, 0.4) is 0 Å². The average molecular weight is 456 g/mol. The van der Waals surface area contributed by atoms with E-state index in [9.17, 15) is 4.79 Å². The summed E-state index contributed by atoms with van der Waals surface area (Å²) in [5.74, 6) is 1.45. The van der Waals surface area contributed by atoms with Crippen LogP contribution >= 0.6 is 23.4 Å². The molecule has 0 radical (unpaired) electrons. The first-order valence-corrected chi connectivity index (χ1v) is 11.9.